The van der Waals surface area contributed by atoms with E-state index in [1.54, 1.807) is 0 Å². The second-order valence-corrected chi connectivity index (χ2v) is 22.3. The molecular weight excluding hydrogens is 983 g/mol. The van der Waals surface area contributed by atoms with Crippen molar-refractivity contribution in [2.24, 2.45) is 0 Å². The molecule has 7 aliphatic heterocycles. The van der Waals surface area contributed by atoms with Crippen molar-refractivity contribution in [3.05, 3.63) is 267 Å². The molecule has 372 valence electrons. The summed E-state index contributed by atoms with van der Waals surface area (Å²) >= 11 is 0. The number of rotatable bonds is 5. The van der Waals surface area contributed by atoms with Crippen LogP contribution >= 0.6 is 0 Å². The van der Waals surface area contributed by atoms with E-state index in [0.717, 1.165) is 57.0 Å². The summed E-state index contributed by atoms with van der Waals surface area (Å²) in [6.45, 7) is -0.306. The first-order valence-corrected chi connectivity index (χ1v) is 28.2. The van der Waals surface area contributed by atoms with Gasteiger partial charge < -0.3 is 29.2 Å². The van der Waals surface area contributed by atoms with Crippen molar-refractivity contribution < 1.29 is 4.74 Å². The van der Waals surface area contributed by atoms with E-state index in [4.69, 9.17) is 4.74 Å². The average Bonchev–Trinajstić information content (AvgIpc) is 1.36. The minimum Gasteiger partial charge on any atom is -0.453 e. The Kier molecular flexibility index (Phi) is 8.68. The van der Waals surface area contributed by atoms with Crippen molar-refractivity contribution in [3.8, 4) is 22.6 Å². The van der Waals surface area contributed by atoms with Gasteiger partial charge >= 0.3 is 0 Å². The topological polar surface area (TPSA) is 25.4 Å². The van der Waals surface area contributed by atoms with Crippen LogP contribution in [0.3, 0.4) is 0 Å². The molecule has 0 N–H and O–H groups in total. The van der Waals surface area contributed by atoms with E-state index >= 15 is 0 Å². The summed E-state index contributed by atoms with van der Waals surface area (Å²) in [5.41, 5.74) is 31.3. The molecule has 12 aromatic rings. The number of para-hydroxylation sites is 8. The van der Waals surface area contributed by atoms with Gasteiger partial charge in [0.25, 0.3) is 20.1 Å². The summed E-state index contributed by atoms with van der Waals surface area (Å²) in [7, 11) is 0. The quantitative estimate of drug-likeness (QED) is 0.159. The summed E-state index contributed by atoms with van der Waals surface area (Å²) in [4.78, 5) is 12.8. The van der Waals surface area contributed by atoms with Gasteiger partial charge in [0, 0.05) is 73.9 Å². The van der Waals surface area contributed by atoms with E-state index in [1.807, 2.05) is 0 Å². The number of fused-ring (bicyclic) bond motifs is 10. The van der Waals surface area contributed by atoms with E-state index in [0.29, 0.717) is 0 Å². The third-order valence-corrected chi connectivity index (χ3v) is 18.3. The van der Waals surface area contributed by atoms with Crippen LogP contribution in [-0.2, 0) is 0 Å². The minimum absolute atomic E-state index is 0.0461. The summed E-state index contributed by atoms with van der Waals surface area (Å²) in [5.74, 6) is 1.77. The number of benzene rings is 12. The van der Waals surface area contributed by atoms with Gasteiger partial charge in [0.2, 0.25) is 0 Å². The first-order chi connectivity index (χ1) is 40.2. The standard InChI is InChI=1S/C72H44B3N5O/c1-6-22-45(23-7-1)46-40-61-67-62(41-46)78(49-28-12-4-13-29-49)59-43-60-56(42-55(59)74(67)52-33-17-19-37-58(52)76(61)47-24-8-2-9-25-47)75-54-35-21-39-66-71(54)80-70-53(34-20-38-65(70)81-66)73-51-32-16-18-36-57(51)77(48-26-10-3-11-27-48)63-44-64(69(75)72(80)68(63)73)79(60)50-30-14-5-15-31-50/h1-44H. The van der Waals surface area contributed by atoms with Gasteiger partial charge in [0.1, 0.15) is 0 Å². The van der Waals surface area contributed by atoms with Crippen LogP contribution in [0.4, 0.5) is 85.3 Å². The zero-order chi connectivity index (χ0) is 52.6. The van der Waals surface area contributed by atoms with Crippen LogP contribution in [-0.4, -0.2) is 20.1 Å². The Morgan fingerprint density at radius 3 is 1.05 bits per heavy atom. The molecule has 0 aliphatic carbocycles. The Labute approximate surface area is 470 Å². The molecule has 12 aromatic carbocycles. The molecule has 0 bridgehead atoms. The lowest BCUT2D eigenvalue weighted by Crippen LogP contribution is -2.69. The lowest BCUT2D eigenvalue weighted by Gasteiger charge is -2.52. The van der Waals surface area contributed by atoms with Gasteiger partial charge in [-0.05, 0) is 157 Å². The Bertz CT molecular complexity index is 4680. The number of anilines is 15. The third kappa shape index (κ3) is 5.74. The maximum absolute atomic E-state index is 7.19. The molecule has 7 heterocycles. The monoisotopic (exact) mass is 1030 g/mol. The second kappa shape index (κ2) is 16.1. The average molecular weight is 1030 g/mol. The Hall–Kier alpha value is -10.4. The summed E-state index contributed by atoms with van der Waals surface area (Å²) in [5, 5.41) is 0. The molecule has 0 saturated carbocycles. The highest BCUT2D eigenvalue weighted by molar-refractivity contribution is 7.06. The fourth-order valence-electron chi connectivity index (χ4n) is 15.3. The molecule has 19 rings (SSSR count). The van der Waals surface area contributed by atoms with Crippen molar-refractivity contribution in [1.82, 2.24) is 0 Å². The van der Waals surface area contributed by atoms with Crippen LogP contribution in [0, 0.1) is 0 Å². The number of hydrogen-bond acceptors (Lipinski definition) is 6. The van der Waals surface area contributed by atoms with Gasteiger partial charge in [-0.25, -0.2) is 0 Å². The van der Waals surface area contributed by atoms with Crippen LogP contribution in [0.5, 0.6) is 11.5 Å². The van der Waals surface area contributed by atoms with Crippen LogP contribution in [0.15, 0.2) is 267 Å². The lowest BCUT2D eigenvalue weighted by atomic mass is 9.28. The van der Waals surface area contributed by atoms with Crippen molar-refractivity contribution in [1.29, 1.82) is 0 Å². The molecule has 9 heteroatoms. The number of hydrogen-bond donors (Lipinski definition) is 0. The maximum atomic E-state index is 7.19. The van der Waals surface area contributed by atoms with Gasteiger partial charge in [-0.3, -0.25) is 0 Å². The van der Waals surface area contributed by atoms with Gasteiger partial charge in [0.05, 0.1) is 11.4 Å². The lowest BCUT2D eigenvalue weighted by molar-refractivity contribution is 0.478. The van der Waals surface area contributed by atoms with Gasteiger partial charge in [0.15, 0.2) is 11.5 Å². The first-order valence-electron chi connectivity index (χ1n) is 28.2. The van der Waals surface area contributed by atoms with Crippen LogP contribution in [0.2, 0.25) is 0 Å². The number of nitrogens with zero attached hydrogens (tertiary/aromatic N) is 5. The smallest absolute Gasteiger partial charge is 0.252 e. The van der Waals surface area contributed by atoms with E-state index in [1.165, 1.54) is 100 Å². The molecule has 81 heavy (non-hydrogen) atoms. The van der Waals surface area contributed by atoms with Crippen molar-refractivity contribution in [2.45, 2.75) is 0 Å². The summed E-state index contributed by atoms with van der Waals surface area (Å²) in [6, 6.07) is 99.4. The Morgan fingerprint density at radius 2 is 0.580 bits per heavy atom. The second-order valence-electron chi connectivity index (χ2n) is 22.3. The van der Waals surface area contributed by atoms with E-state index in [2.05, 4.69) is 291 Å². The molecule has 6 nitrogen and oxygen atoms in total. The molecule has 0 spiro atoms. The largest absolute Gasteiger partial charge is 0.453 e. The Morgan fingerprint density at radius 1 is 0.222 bits per heavy atom. The SMILES string of the molecule is c1ccc(-c2cc3c4c(c2)N(c2ccccc2)c2cc5c(cc2B4c2ccccc2N3c2ccccc2)B2c3cccc4c3N3c6c(cccc6B6c7ccccc7N(c7ccccc7)c7cc(c2c3c76)N5c2ccccc2)O4)cc1. The Balaban J connectivity index is 0.960. The number of ether oxygens (including phenoxy) is 1. The van der Waals surface area contributed by atoms with E-state index in [9.17, 15) is 0 Å². The predicted octanol–water partition coefficient (Wildman–Crippen LogP) is 12.2. The zero-order valence-electron chi connectivity index (χ0n) is 43.8. The van der Waals surface area contributed by atoms with E-state index in [-0.39, 0.29) is 20.1 Å². The van der Waals surface area contributed by atoms with Gasteiger partial charge in [-0.2, -0.15) is 0 Å². The minimum atomic E-state index is -0.156. The molecule has 0 aromatic heterocycles. The highest BCUT2D eigenvalue weighted by atomic mass is 16.5. The summed E-state index contributed by atoms with van der Waals surface area (Å²) < 4.78 is 7.19. The molecule has 0 atom stereocenters. The molecule has 0 radical (unpaired) electrons. The molecule has 0 fully saturated rings. The van der Waals surface area contributed by atoms with E-state index < -0.39 is 0 Å². The summed E-state index contributed by atoms with van der Waals surface area (Å²) in [6.07, 6.45) is 0. The highest BCUT2D eigenvalue weighted by Gasteiger charge is 2.55. The fraction of sp³-hybridized carbons (Fsp3) is 0. The van der Waals surface area contributed by atoms with Crippen molar-refractivity contribution in [2.75, 3.05) is 24.5 Å². The zero-order valence-corrected chi connectivity index (χ0v) is 43.8. The van der Waals surface area contributed by atoms with Crippen molar-refractivity contribution in [3.63, 3.8) is 0 Å². The van der Waals surface area contributed by atoms with Crippen LogP contribution in [0.1, 0.15) is 0 Å². The molecule has 0 amide bonds. The van der Waals surface area contributed by atoms with Crippen molar-refractivity contribution >= 4 is 155 Å². The third-order valence-electron chi connectivity index (χ3n) is 18.3. The van der Waals surface area contributed by atoms with Gasteiger partial charge in [-0.15, -0.1) is 0 Å². The van der Waals surface area contributed by atoms with Gasteiger partial charge in [-0.1, -0.05) is 170 Å². The first kappa shape index (κ1) is 43.6. The molecule has 0 unspecified atom stereocenters. The highest BCUT2D eigenvalue weighted by Crippen LogP contribution is 2.57. The van der Waals surface area contributed by atoms with Crippen LogP contribution < -0.4 is 78.4 Å². The molecular formula is C72H44B3N5O. The maximum Gasteiger partial charge on any atom is 0.252 e. The van der Waals surface area contributed by atoms with Crippen LogP contribution in [0.25, 0.3) is 11.1 Å². The molecule has 0 saturated heterocycles. The predicted molar refractivity (Wildman–Crippen MR) is 339 cm³/mol. The fourth-order valence-corrected chi connectivity index (χ4v) is 15.3. The molecule has 7 aliphatic rings. The normalized spacial score (nSPS) is 14.3.